The first-order valence-corrected chi connectivity index (χ1v) is 10.0. The van der Waals surface area contributed by atoms with Gasteiger partial charge < -0.3 is 4.74 Å². The Bertz CT molecular complexity index is 999. The number of ether oxygens (including phenoxy) is 1. The molecule has 0 bridgehead atoms. The topological polar surface area (TPSA) is 81.1 Å². The number of amides is 1. The summed E-state index contributed by atoms with van der Waals surface area (Å²) < 4.78 is 6.27. The third-order valence-corrected chi connectivity index (χ3v) is 5.32. The van der Waals surface area contributed by atoms with E-state index in [0.29, 0.717) is 22.4 Å². The van der Waals surface area contributed by atoms with Crippen molar-refractivity contribution in [2.75, 3.05) is 10.7 Å². The molecular weight excluding hydrogens is 374 g/mol. The number of carbonyl (C=O) groups excluding carboxylic acids is 1. The van der Waals surface area contributed by atoms with Crippen LogP contribution < -0.4 is 9.64 Å². The highest BCUT2D eigenvalue weighted by atomic mass is 32.2. The molecule has 8 heteroatoms. The standard InChI is InChI=1S/C20H19N5O2S/c1-3-12-28-20-22-18-17(23-24-20)15-6-4-5-7-16(15)25(13(2)26)19(27-18)14-8-10-21-11-9-14/h4-11,19H,3,12H2,1-2H3/t19-/m0/s1. The van der Waals surface area contributed by atoms with E-state index < -0.39 is 6.23 Å². The molecule has 1 atom stereocenters. The number of pyridine rings is 1. The molecule has 0 saturated heterocycles. The number of benzene rings is 1. The van der Waals surface area contributed by atoms with Gasteiger partial charge in [-0.15, -0.1) is 10.2 Å². The first kappa shape index (κ1) is 18.4. The summed E-state index contributed by atoms with van der Waals surface area (Å²) in [6, 6.07) is 11.2. The fourth-order valence-corrected chi connectivity index (χ4v) is 3.68. The van der Waals surface area contributed by atoms with E-state index in [4.69, 9.17) is 4.74 Å². The van der Waals surface area contributed by atoms with Crippen LogP contribution in [0, 0.1) is 0 Å². The zero-order chi connectivity index (χ0) is 19.5. The number of nitrogens with zero attached hydrogens (tertiary/aromatic N) is 5. The van der Waals surface area contributed by atoms with Gasteiger partial charge in [-0.2, -0.15) is 4.98 Å². The van der Waals surface area contributed by atoms with Crippen LogP contribution in [0.4, 0.5) is 5.69 Å². The molecule has 1 amide bonds. The summed E-state index contributed by atoms with van der Waals surface area (Å²) in [5.74, 6) is 1.12. The number of thioether (sulfide) groups is 1. The predicted molar refractivity (Wildman–Crippen MR) is 107 cm³/mol. The van der Waals surface area contributed by atoms with Gasteiger partial charge in [0, 0.05) is 36.2 Å². The van der Waals surface area contributed by atoms with Gasteiger partial charge in [-0.1, -0.05) is 36.9 Å². The van der Waals surface area contributed by atoms with Crippen LogP contribution in [0.1, 0.15) is 32.1 Å². The van der Waals surface area contributed by atoms with Gasteiger partial charge in [-0.3, -0.25) is 14.7 Å². The summed E-state index contributed by atoms with van der Waals surface area (Å²) in [6.07, 6.45) is 3.68. The molecule has 7 nitrogen and oxygen atoms in total. The Morgan fingerprint density at radius 2 is 1.96 bits per heavy atom. The van der Waals surface area contributed by atoms with E-state index in [-0.39, 0.29) is 5.91 Å². The number of aromatic nitrogens is 4. The van der Waals surface area contributed by atoms with Crippen molar-refractivity contribution >= 4 is 23.4 Å². The van der Waals surface area contributed by atoms with Crippen molar-refractivity contribution in [2.24, 2.45) is 0 Å². The maximum absolute atomic E-state index is 12.6. The fraction of sp³-hybridized carbons (Fsp3) is 0.250. The molecule has 0 N–H and O–H groups in total. The van der Waals surface area contributed by atoms with E-state index in [0.717, 1.165) is 23.3 Å². The maximum Gasteiger partial charge on any atom is 0.247 e. The zero-order valence-electron chi connectivity index (χ0n) is 15.6. The minimum Gasteiger partial charge on any atom is -0.447 e. The zero-order valence-corrected chi connectivity index (χ0v) is 16.4. The quantitative estimate of drug-likeness (QED) is 0.622. The summed E-state index contributed by atoms with van der Waals surface area (Å²) in [5, 5.41) is 9.19. The Morgan fingerprint density at radius 3 is 2.71 bits per heavy atom. The first-order chi connectivity index (χ1) is 13.7. The van der Waals surface area contributed by atoms with Crippen molar-refractivity contribution in [3.63, 3.8) is 0 Å². The van der Waals surface area contributed by atoms with Crippen molar-refractivity contribution in [3.8, 4) is 17.1 Å². The molecule has 1 aliphatic heterocycles. The molecule has 142 valence electrons. The van der Waals surface area contributed by atoms with Crippen molar-refractivity contribution < 1.29 is 9.53 Å². The normalized spacial score (nSPS) is 15.2. The van der Waals surface area contributed by atoms with Crippen molar-refractivity contribution in [1.82, 2.24) is 20.2 Å². The molecule has 0 aliphatic carbocycles. The lowest BCUT2D eigenvalue weighted by atomic mass is 10.1. The van der Waals surface area contributed by atoms with Gasteiger partial charge in [0.05, 0.1) is 5.69 Å². The lowest BCUT2D eigenvalue weighted by Gasteiger charge is -2.29. The third-order valence-electron chi connectivity index (χ3n) is 4.28. The van der Waals surface area contributed by atoms with E-state index in [1.807, 2.05) is 36.4 Å². The highest BCUT2D eigenvalue weighted by molar-refractivity contribution is 7.99. The van der Waals surface area contributed by atoms with Gasteiger partial charge in [0.15, 0.2) is 5.69 Å². The molecule has 1 aromatic carbocycles. The number of hydrogen-bond donors (Lipinski definition) is 0. The summed E-state index contributed by atoms with van der Waals surface area (Å²) in [4.78, 5) is 22.9. The summed E-state index contributed by atoms with van der Waals surface area (Å²) in [5.41, 5.74) is 2.80. The number of fused-ring (bicyclic) bond motifs is 3. The molecule has 1 aliphatic rings. The van der Waals surface area contributed by atoms with Crippen LogP contribution in [0.5, 0.6) is 5.88 Å². The summed E-state index contributed by atoms with van der Waals surface area (Å²) in [6.45, 7) is 3.62. The molecule has 4 rings (SSSR count). The van der Waals surface area contributed by atoms with E-state index >= 15 is 0 Å². The molecule has 3 heterocycles. The molecule has 0 radical (unpaired) electrons. The summed E-state index contributed by atoms with van der Waals surface area (Å²) in [7, 11) is 0. The van der Waals surface area contributed by atoms with Gasteiger partial charge in [-0.05, 0) is 24.6 Å². The summed E-state index contributed by atoms with van der Waals surface area (Å²) >= 11 is 1.53. The third kappa shape index (κ3) is 3.43. The Labute approximate surface area is 167 Å². The second-order valence-corrected chi connectivity index (χ2v) is 7.32. The Hall–Kier alpha value is -3.00. The highest BCUT2D eigenvalue weighted by Gasteiger charge is 2.34. The minimum atomic E-state index is -0.677. The molecule has 0 fully saturated rings. The lowest BCUT2D eigenvalue weighted by molar-refractivity contribution is -0.118. The Kier molecular flexibility index (Phi) is 5.21. The SMILES string of the molecule is CCCSc1nnc2c(n1)O[C@@H](c1ccncc1)N(C(C)=O)c1ccccc1-2. The van der Waals surface area contributed by atoms with Crippen LogP contribution in [-0.2, 0) is 4.79 Å². The Balaban J connectivity index is 1.90. The first-order valence-electron chi connectivity index (χ1n) is 9.02. The Morgan fingerprint density at radius 1 is 1.18 bits per heavy atom. The van der Waals surface area contributed by atoms with Gasteiger partial charge >= 0.3 is 0 Å². The monoisotopic (exact) mass is 393 g/mol. The van der Waals surface area contributed by atoms with Gasteiger partial charge in [0.2, 0.25) is 23.2 Å². The van der Waals surface area contributed by atoms with E-state index in [1.165, 1.54) is 18.7 Å². The molecule has 3 aromatic rings. The second-order valence-electron chi connectivity index (χ2n) is 6.25. The minimum absolute atomic E-state index is 0.143. The van der Waals surface area contributed by atoms with Crippen molar-refractivity contribution in [1.29, 1.82) is 0 Å². The van der Waals surface area contributed by atoms with Gasteiger partial charge in [0.25, 0.3) is 0 Å². The average molecular weight is 393 g/mol. The number of carbonyl (C=O) groups is 1. The molecule has 0 spiro atoms. The second kappa shape index (κ2) is 7.93. The average Bonchev–Trinajstić information content (AvgIpc) is 2.87. The van der Waals surface area contributed by atoms with Gasteiger partial charge in [0.1, 0.15) is 0 Å². The van der Waals surface area contributed by atoms with Crippen LogP contribution in [0.25, 0.3) is 11.3 Å². The van der Waals surface area contributed by atoms with Crippen molar-refractivity contribution in [3.05, 3.63) is 54.4 Å². The fourth-order valence-electron chi connectivity index (χ4n) is 3.05. The van der Waals surface area contributed by atoms with Crippen LogP contribution in [0.2, 0.25) is 0 Å². The van der Waals surface area contributed by atoms with Crippen LogP contribution in [0.15, 0.2) is 53.9 Å². The van der Waals surface area contributed by atoms with Crippen LogP contribution >= 0.6 is 11.8 Å². The smallest absolute Gasteiger partial charge is 0.247 e. The van der Waals surface area contributed by atoms with Crippen LogP contribution in [0.3, 0.4) is 0 Å². The van der Waals surface area contributed by atoms with E-state index in [9.17, 15) is 4.79 Å². The highest BCUT2D eigenvalue weighted by Crippen LogP contribution is 2.43. The van der Waals surface area contributed by atoms with Crippen molar-refractivity contribution in [2.45, 2.75) is 31.7 Å². The predicted octanol–water partition coefficient (Wildman–Crippen LogP) is 3.88. The number of anilines is 1. The maximum atomic E-state index is 12.6. The number of rotatable bonds is 4. The molecular formula is C20H19N5O2S. The number of para-hydroxylation sites is 1. The molecule has 0 saturated carbocycles. The van der Waals surface area contributed by atoms with Crippen LogP contribution in [-0.4, -0.2) is 31.8 Å². The molecule has 2 aromatic heterocycles. The van der Waals surface area contributed by atoms with E-state index in [2.05, 4.69) is 27.1 Å². The van der Waals surface area contributed by atoms with Gasteiger partial charge in [-0.25, -0.2) is 0 Å². The number of hydrogen-bond acceptors (Lipinski definition) is 7. The molecule has 28 heavy (non-hydrogen) atoms. The largest absolute Gasteiger partial charge is 0.447 e. The lowest BCUT2D eigenvalue weighted by Crippen LogP contribution is -2.36. The van der Waals surface area contributed by atoms with E-state index in [1.54, 1.807) is 17.3 Å². The molecule has 0 unspecified atom stereocenters.